The molecule has 3 aromatic heterocycles. The summed E-state index contributed by atoms with van der Waals surface area (Å²) in [4.78, 5) is 17.1. The molecule has 230 valence electrons. The Hall–Kier alpha value is -4.16. The summed E-state index contributed by atoms with van der Waals surface area (Å²) in [6, 6.07) is 3.88. The Morgan fingerprint density at radius 2 is 2.02 bits per heavy atom. The first-order valence-corrected chi connectivity index (χ1v) is 14.4. The van der Waals surface area contributed by atoms with Crippen molar-refractivity contribution >= 4 is 27.6 Å². The first-order valence-electron chi connectivity index (χ1n) is 14.4. The van der Waals surface area contributed by atoms with E-state index in [2.05, 4.69) is 41.4 Å². The van der Waals surface area contributed by atoms with Crippen molar-refractivity contribution < 1.29 is 26.7 Å². The zero-order valence-corrected chi connectivity index (χ0v) is 23.5. The van der Waals surface area contributed by atoms with E-state index in [-0.39, 0.29) is 46.9 Å². The molecule has 0 aliphatic carbocycles. The molecule has 0 amide bonds. The minimum absolute atomic E-state index is 0.0885. The minimum Gasteiger partial charge on any atom is -0.461 e. The fraction of sp³-hybridized carbons (Fsp3) is 0.483. The standard InChI is InChI=1S/C29H28F5N9O/c30-17-10-28(3-1-6-43(28)13-17)15-44-27-39-25-20(26(40-27)42-7-5-36-18(14-42)2-4-35)12-37-24(23(25)31)19-9-22-16(11-38-41-22)8-21(19)29(32,33)34/h8-9,11-12,17-18,36H,1-3,5-7,10,13-15H2,(H,38,41)/t17-,18+,28+/m1/s1. The van der Waals surface area contributed by atoms with E-state index in [0.717, 1.165) is 25.5 Å². The van der Waals surface area contributed by atoms with Crippen LogP contribution in [0.15, 0.2) is 24.5 Å². The maximum absolute atomic E-state index is 16.4. The first-order chi connectivity index (χ1) is 21.1. The van der Waals surface area contributed by atoms with Gasteiger partial charge in [0.05, 0.1) is 40.7 Å². The van der Waals surface area contributed by atoms with Gasteiger partial charge in [-0.2, -0.15) is 33.5 Å². The fourth-order valence-corrected chi connectivity index (χ4v) is 6.85. The second kappa shape index (κ2) is 10.8. The van der Waals surface area contributed by atoms with Crippen molar-refractivity contribution in [2.24, 2.45) is 0 Å². The van der Waals surface area contributed by atoms with Gasteiger partial charge in [-0.3, -0.25) is 15.0 Å². The van der Waals surface area contributed by atoms with E-state index in [1.165, 1.54) is 18.5 Å². The van der Waals surface area contributed by atoms with Gasteiger partial charge in [-0.1, -0.05) is 0 Å². The molecule has 3 aliphatic heterocycles. The zero-order chi connectivity index (χ0) is 30.6. The summed E-state index contributed by atoms with van der Waals surface area (Å²) >= 11 is 0. The van der Waals surface area contributed by atoms with Crippen molar-refractivity contribution in [3.63, 3.8) is 0 Å². The van der Waals surface area contributed by atoms with E-state index >= 15 is 4.39 Å². The number of aromatic nitrogens is 5. The van der Waals surface area contributed by atoms with Crippen molar-refractivity contribution in [2.45, 2.75) is 49.6 Å². The van der Waals surface area contributed by atoms with Crippen molar-refractivity contribution in [3.05, 3.63) is 35.9 Å². The molecule has 10 nitrogen and oxygen atoms in total. The van der Waals surface area contributed by atoms with Crippen LogP contribution in [0.1, 0.15) is 31.2 Å². The van der Waals surface area contributed by atoms with Gasteiger partial charge < -0.3 is 15.0 Å². The fourth-order valence-electron chi connectivity index (χ4n) is 6.85. The van der Waals surface area contributed by atoms with E-state index in [1.807, 2.05) is 4.90 Å². The highest BCUT2D eigenvalue weighted by molar-refractivity contribution is 5.93. The van der Waals surface area contributed by atoms with E-state index in [1.54, 1.807) is 0 Å². The molecule has 3 aliphatic rings. The molecule has 3 saturated heterocycles. The molecule has 15 heteroatoms. The largest absolute Gasteiger partial charge is 0.461 e. The Morgan fingerprint density at radius 3 is 2.84 bits per heavy atom. The molecule has 0 radical (unpaired) electrons. The van der Waals surface area contributed by atoms with Crippen LogP contribution in [0.25, 0.3) is 33.1 Å². The number of benzene rings is 1. The zero-order valence-electron chi connectivity index (χ0n) is 23.5. The lowest BCUT2D eigenvalue weighted by atomic mass is 9.95. The van der Waals surface area contributed by atoms with Crippen LogP contribution in [0.5, 0.6) is 6.01 Å². The number of pyridine rings is 1. The number of piperazine rings is 1. The summed E-state index contributed by atoms with van der Waals surface area (Å²) in [6.07, 6.45) is -1.08. The smallest absolute Gasteiger partial charge is 0.417 e. The number of rotatable bonds is 6. The average molecular weight is 614 g/mol. The Morgan fingerprint density at radius 1 is 1.16 bits per heavy atom. The van der Waals surface area contributed by atoms with Gasteiger partial charge in [-0.05, 0) is 31.5 Å². The summed E-state index contributed by atoms with van der Waals surface area (Å²) < 4.78 is 79.4. The molecule has 3 fully saturated rings. The lowest BCUT2D eigenvalue weighted by Crippen LogP contribution is -2.51. The Kier molecular flexibility index (Phi) is 7.00. The molecule has 1 aromatic carbocycles. The van der Waals surface area contributed by atoms with Gasteiger partial charge in [-0.15, -0.1) is 0 Å². The highest BCUT2D eigenvalue weighted by atomic mass is 19.4. The SMILES string of the molecule is N#CC[C@H]1CN(c2nc(OC[C@@]34CCCN3C[C@H](F)C4)nc3c(F)c(-c4cc5[nH]ncc5cc4C(F)(F)F)ncc23)CCN1. The predicted octanol–water partition coefficient (Wildman–Crippen LogP) is 4.37. The van der Waals surface area contributed by atoms with Crippen LogP contribution in [0, 0.1) is 17.1 Å². The minimum atomic E-state index is -4.80. The highest BCUT2D eigenvalue weighted by Gasteiger charge is 2.49. The van der Waals surface area contributed by atoms with Crippen LogP contribution in [0.4, 0.5) is 27.8 Å². The van der Waals surface area contributed by atoms with Crippen LogP contribution in [-0.4, -0.2) is 87.1 Å². The van der Waals surface area contributed by atoms with E-state index in [4.69, 9.17) is 4.74 Å². The number of halogens is 5. The molecular weight excluding hydrogens is 585 g/mol. The van der Waals surface area contributed by atoms with Gasteiger partial charge in [0.2, 0.25) is 0 Å². The van der Waals surface area contributed by atoms with Gasteiger partial charge in [0.25, 0.3) is 0 Å². The number of aromatic amines is 1. The Labute approximate surface area is 248 Å². The van der Waals surface area contributed by atoms with Crippen LogP contribution in [-0.2, 0) is 6.18 Å². The summed E-state index contributed by atoms with van der Waals surface area (Å²) in [5, 5.41) is 19.3. The summed E-state index contributed by atoms with van der Waals surface area (Å²) in [6.45, 7) is 2.52. The summed E-state index contributed by atoms with van der Waals surface area (Å²) in [5.74, 6) is -0.766. The quantitative estimate of drug-likeness (QED) is 0.306. The third-order valence-electron chi connectivity index (χ3n) is 8.91. The number of fused-ring (bicyclic) bond motifs is 3. The van der Waals surface area contributed by atoms with Crippen molar-refractivity contribution in [2.75, 3.05) is 44.2 Å². The molecule has 4 aromatic rings. The van der Waals surface area contributed by atoms with Gasteiger partial charge in [-0.25, -0.2) is 8.78 Å². The monoisotopic (exact) mass is 613 g/mol. The van der Waals surface area contributed by atoms with Gasteiger partial charge in [0.15, 0.2) is 5.82 Å². The second-order valence-electron chi connectivity index (χ2n) is 11.7. The number of anilines is 1. The summed E-state index contributed by atoms with van der Waals surface area (Å²) in [7, 11) is 0. The molecule has 0 spiro atoms. The number of H-pyrrole nitrogens is 1. The Bertz CT molecular complexity index is 1770. The number of nitriles is 1. The van der Waals surface area contributed by atoms with E-state index in [9.17, 15) is 22.8 Å². The van der Waals surface area contributed by atoms with Crippen molar-refractivity contribution in [3.8, 4) is 23.3 Å². The second-order valence-corrected chi connectivity index (χ2v) is 11.7. The third-order valence-corrected chi connectivity index (χ3v) is 8.91. The molecule has 7 rings (SSSR count). The van der Waals surface area contributed by atoms with Gasteiger partial charge in [0.1, 0.15) is 29.8 Å². The molecule has 44 heavy (non-hydrogen) atoms. The Balaban J connectivity index is 1.35. The third kappa shape index (κ3) is 4.95. The number of hydrogen-bond donors (Lipinski definition) is 2. The predicted molar refractivity (Wildman–Crippen MR) is 150 cm³/mol. The highest BCUT2D eigenvalue weighted by Crippen LogP contribution is 2.42. The van der Waals surface area contributed by atoms with E-state index in [0.29, 0.717) is 38.4 Å². The summed E-state index contributed by atoms with van der Waals surface area (Å²) in [5.41, 5.74) is -2.54. The lowest BCUT2D eigenvalue weighted by Gasteiger charge is -2.34. The van der Waals surface area contributed by atoms with Crippen molar-refractivity contribution in [1.29, 1.82) is 5.26 Å². The molecule has 3 atom stereocenters. The van der Waals surface area contributed by atoms with Crippen LogP contribution >= 0.6 is 0 Å². The average Bonchev–Trinajstić information content (AvgIpc) is 3.69. The van der Waals surface area contributed by atoms with Crippen molar-refractivity contribution in [1.82, 2.24) is 35.4 Å². The molecule has 0 bridgehead atoms. The number of ether oxygens (including phenoxy) is 1. The number of nitrogens with zero attached hydrogens (tertiary/aromatic N) is 7. The lowest BCUT2D eigenvalue weighted by molar-refractivity contribution is -0.137. The number of hydrogen-bond acceptors (Lipinski definition) is 9. The maximum Gasteiger partial charge on any atom is 0.417 e. The molecule has 0 saturated carbocycles. The number of alkyl halides is 4. The molecular formula is C29H28F5N9O. The van der Waals surface area contributed by atoms with Crippen LogP contribution in [0.2, 0.25) is 0 Å². The van der Waals surface area contributed by atoms with Gasteiger partial charge in [0, 0.05) is 55.8 Å². The first kappa shape index (κ1) is 28.6. The van der Waals surface area contributed by atoms with Crippen LogP contribution in [0.3, 0.4) is 0 Å². The van der Waals surface area contributed by atoms with E-state index < -0.39 is 40.5 Å². The number of nitrogens with one attached hydrogen (secondary N) is 2. The topological polar surface area (TPSA) is 119 Å². The molecule has 0 unspecified atom stereocenters. The molecule has 6 heterocycles. The molecule has 2 N–H and O–H groups in total. The van der Waals surface area contributed by atoms with Crippen LogP contribution < -0.4 is 15.0 Å². The maximum atomic E-state index is 16.4. The normalized spacial score (nSPS) is 24.2. The van der Waals surface area contributed by atoms with Gasteiger partial charge >= 0.3 is 12.2 Å².